The maximum atomic E-state index is 11.7. The summed E-state index contributed by atoms with van der Waals surface area (Å²) in [4.78, 5) is 11.7. The molecule has 0 bridgehead atoms. The minimum atomic E-state index is 0.0352. The number of carbonyl (C=O) groups excluding carboxylic acids is 1. The van der Waals surface area contributed by atoms with Crippen LogP contribution in [0.2, 0.25) is 0 Å². The minimum Gasteiger partial charge on any atom is -0.352 e. The van der Waals surface area contributed by atoms with Crippen LogP contribution in [0.25, 0.3) is 0 Å². The van der Waals surface area contributed by atoms with E-state index in [1.807, 2.05) is 39.0 Å². The molecule has 0 unspecified atom stereocenters. The van der Waals surface area contributed by atoms with E-state index >= 15 is 0 Å². The van der Waals surface area contributed by atoms with E-state index in [9.17, 15) is 4.79 Å². The van der Waals surface area contributed by atoms with Crippen molar-refractivity contribution < 1.29 is 4.79 Å². The first kappa shape index (κ1) is 10.8. The number of hydrogen-bond donors (Lipinski definition) is 1. The molecule has 0 radical (unpaired) electrons. The maximum Gasteiger partial charge on any atom is 0.251 e. The molecule has 0 spiro atoms. The zero-order valence-corrected chi connectivity index (χ0v) is 9.05. The molecule has 0 atom stereocenters. The summed E-state index contributed by atoms with van der Waals surface area (Å²) >= 11 is 0. The third-order valence-corrected chi connectivity index (χ3v) is 2.17. The summed E-state index contributed by atoms with van der Waals surface area (Å²) in [6.07, 6.45) is 0.969. The Labute approximate surface area is 85.3 Å². The summed E-state index contributed by atoms with van der Waals surface area (Å²) in [5, 5.41) is 2.88. The van der Waals surface area contributed by atoms with Crippen molar-refractivity contribution in [3.63, 3.8) is 0 Å². The Morgan fingerprint density at radius 2 is 2.07 bits per heavy atom. The molecule has 0 aliphatic heterocycles. The van der Waals surface area contributed by atoms with E-state index in [1.54, 1.807) is 0 Å². The van der Waals surface area contributed by atoms with Gasteiger partial charge in [0.2, 0.25) is 0 Å². The molecule has 1 rings (SSSR count). The van der Waals surface area contributed by atoms with Crippen molar-refractivity contribution in [2.75, 3.05) is 6.54 Å². The molecule has 2 nitrogen and oxygen atoms in total. The molecule has 0 aliphatic rings. The lowest BCUT2D eigenvalue weighted by molar-refractivity contribution is 0.0953. The molecule has 1 amide bonds. The zero-order valence-electron chi connectivity index (χ0n) is 9.05. The number of rotatable bonds is 3. The Bertz CT molecular complexity index is 331. The monoisotopic (exact) mass is 191 g/mol. The molecule has 1 aromatic rings. The summed E-state index contributed by atoms with van der Waals surface area (Å²) in [5.74, 6) is 0.0352. The van der Waals surface area contributed by atoms with Gasteiger partial charge in [-0.3, -0.25) is 4.79 Å². The van der Waals surface area contributed by atoms with Gasteiger partial charge in [0.25, 0.3) is 5.91 Å². The Morgan fingerprint density at radius 1 is 1.36 bits per heavy atom. The average molecular weight is 191 g/mol. The van der Waals surface area contributed by atoms with Crippen molar-refractivity contribution in [2.45, 2.75) is 27.2 Å². The fraction of sp³-hybridized carbons (Fsp3) is 0.417. The van der Waals surface area contributed by atoms with Crippen LogP contribution in [0.15, 0.2) is 18.2 Å². The lowest BCUT2D eigenvalue weighted by atomic mass is 10.1. The predicted octanol–water partition coefficient (Wildman–Crippen LogP) is 2.44. The van der Waals surface area contributed by atoms with Crippen LogP contribution < -0.4 is 5.32 Å². The summed E-state index contributed by atoms with van der Waals surface area (Å²) in [7, 11) is 0. The van der Waals surface area contributed by atoms with E-state index in [4.69, 9.17) is 0 Å². The molecular formula is C12H17NO. The van der Waals surface area contributed by atoms with Crippen LogP contribution in [0.5, 0.6) is 0 Å². The first-order valence-corrected chi connectivity index (χ1v) is 5.00. The molecule has 0 aliphatic carbocycles. The molecular weight excluding hydrogens is 174 g/mol. The van der Waals surface area contributed by atoms with E-state index in [1.165, 1.54) is 0 Å². The smallest absolute Gasteiger partial charge is 0.251 e. The van der Waals surface area contributed by atoms with Gasteiger partial charge in [-0.15, -0.1) is 0 Å². The Hall–Kier alpha value is -1.31. The second-order valence-electron chi connectivity index (χ2n) is 3.57. The van der Waals surface area contributed by atoms with Crippen molar-refractivity contribution in [2.24, 2.45) is 0 Å². The number of hydrogen-bond acceptors (Lipinski definition) is 1. The summed E-state index contributed by atoms with van der Waals surface area (Å²) in [6.45, 7) is 6.74. The maximum absolute atomic E-state index is 11.7. The summed E-state index contributed by atoms with van der Waals surface area (Å²) in [5.41, 5.74) is 2.94. The van der Waals surface area contributed by atoms with Crippen LogP contribution in [0.4, 0.5) is 0 Å². The quantitative estimate of drug-likeness (QED) is 0.781. The van der Waals surface area contributed by atoms with Gasteiger partial charge in [0, 0.05) is 12.1 Å². The molecule has 2 heteroatoms. The van der Waals surface area contributed by atoms with Crippen LogP contribution in [-0.4, -0.2) is 12.5 Å². The van der Waals surface area contributed by atoms with Gasteiger partial charge < -0.3 is 5.32 Å². The van der Waals surface area contributed by atoms with E-state index in [2.05, 4.69) is 5.32 Å². The topological polar surface area (TPSA) is 29.1 Å². The van der Waals surface area contributed by atoms with Gasteiger partial charge in [-0.1, -0.05) is 24.6 Å². The molecule has 0 fully saturated rings. The predicted molar refractivity (Wildman–Crippen MR) is 58.5 cm³/mol. The second kappa shape index (κ2) is 4.80. The molecule has 0 saturated heterocycles. The minimum absolute atomic E-state index is 0.0352. The van der Waals surface area contributed by atoms with Crippen molar-refractivity contribution in [1.82, 2.24) is 5.32 Å². The largest absolute Gasteiger partial charge is 0.352 e. The normalized spacial score (nSPS) is 9.93. The standard InChI is InChI=1S/C12H17NO/c1-4-7-13-12(14)11-8-9(2)5-6-10(11)3/h5-6,8H,4,7H2,1-3H3,(H,13,14). The average Bonchev–Trinajstić information content (AvgIpc) is 2.18. The molecule has 0 heterocycles. The third kappa shape index (κ3) is 2.59. The number of benzene rings is 1. The van der Waals surface area contributed by atoms with Crippen molar-refractivity contribution in [3.05, 3.63) is 34.9 Å². The van der Waals surface area contributed by atoms with Crippen molar-refractivity contribution in [3.8, 4) is 0 Å². The van der Waals surface area contributed by atoms with Gasteiger partial charge in [-0.25, -0.2) is 0 Å². The third-order valence-electron chi connectivity index (χ3n) is 2.17. The lowest BCUT2D eigenvalue weighted by Gasteiger charge is -2.07. The van der Waals surface area contributed by atoms with Gasteiger partial charge >= 0.3 is 0 Å². The van der Waals surface area contributed by atoms with Crippen LogP contribution >= 0.6 is 0 Å². The van der Waals surface area contributed by atoms with Crippen molar-refractivity contribution >= 4 is 5.91 Å². The first-order chi connectivity index (χ1) is 6.65. The SMILES string of the molecule is CCCNC(=O)c1cc(C)ccc1C. The van der Waals surface area contributed by atoms with Gasteiger partial charge in [-0.2, -0.15) is 0 Å². The number of aryl methyl sites for hydroxylation is 2. The van der Waals surface area contributed by atoms with E-state index in [0.29, 0.717) is 0 Å². The van der Waals surface area contributed by atoms with Gasteiger partial charge in [0.1, 0.15) is 0 Å². The van der Waals surface area contributed by atoms with Crippen LogP contribution in [0.1, 0.15) is 34.8 Å². The van der Waals surface area contributed by atoms with Gasteiger partial charge in [0.15, 0.2) is 0 Å². The highest BCUT2D eigenvalue weighted by Crippen LogP contribution is 2.10. The van der Waals surface area contributed by atoms with Crippen LogP contribution in [0.3, 0.4) is 0 Å². The lowest BCUT2D eigenvalue weighted by Crippen LogP contribution is -2.24. The number of carbonyl (C=O) groups is 1. The molecule has 1 N–H and O–H groups in total. The summed E-state index contributed by atoms with van der Waals surface area (Å²) in [6, 6.07) is 5.93. The first-order valence-electron chi connectivity index (χ1n) is 5.00. The molecule has 76 valence electrons. The number of nitrogens with one attached hydrogen (secondary N) is 1. The number of amides is 1. The highest BCUT2D eigenvalue weighted by atomic mass is 16.1. The van der Waals surface area contributed by atoms with Gasteiger partial charge in [-0.05, 0) is 31.9 Å². The summed E-state index contributed by atoms with van der Waals surface area (Å²) < 4.78 is 0. The second-order valence-corrected chi connectivity index (χ2v) is 3.57. The van der Waals surface area contributed by atoms with E-state index in [-0.39, 0.29) is 5.91 Å². The fourth-order valence-electron chi connectivity index (χ4n) is 1.31. The molecule has 14 heavy (non-hydrogen) atoms. The van der Waals surface area contributed by atoms with Crippen LogP contribution in [0, 0.1) is 13.8 Å². The molecule has 0 saturated carbocycles. The highest BCUT2D eigenvalue weighted by Gasteiger charge is 2.07. The highest BCUT2D eigenvalue weighted by molar-refractivity contribution is 5.95. The van der Waals surface area contributed by atoms with Crippen LogP contribution in [-0.2, 0) is 0 Å². The van der Waals surface area contributed by atoms with Gasteiger partial charge in [0.05, 0.1) is 0 Å². The Balaban J connectivity index is 2.83. The fourth-order valence-corrected chi connectivity index (χ4v) is 1.31. The van der Waals surface area contributed by atoms with Crippen molar-refractivity contribution in [1.29, 1.82) is 0 Å². The van der Waals surface area contributed by atoms with E-state index < -0.39 is 0 Å². The molecule has 0 aromatic heterocycles. The van der Waals surface area contributed by atoms with E-state index in [0.717, 1.165) is 29.7 Å². The Morgan fingerprint density at radius 3 is 2.71 bits per heavy atom. The molecule has 1 aromatic carbocycles. The Kier molecular flexibility index (Phi) is 3.69. The zero-order chi connectivity index (χ0) is 10.6.